The van der Waals surface area contributed by atoms with Crippen LogP contribution in [0, 0.1) is 13.8 Å². The lowest BCUT2D eigenvalue weighted by atomic mass is 10.1. The average Bonchev–Trinajstić information content (AvgIpc) is 3.18. The number of aromatic nitrogens is 2. The minimum absolute atomic E-state index is 0.387. The van der Waals surface area contributed by atoms with Crippen molar-refractivity contribution in [3.8, 4) is 17.0 Å². The summed E-state index contributed by atoms with van der Waals surface area (Å²) in [4.78, 5) is 8.86. The van der Waals surface area contributed by atoms with Crippen LogP contribution in [-0.2, 0) is 0 Å². The molecule has 4 heteroatoms. The molecule has 0 aliphatic heterocycles. The first-order valence-electron chi connectivity index (χ1n) is 6.51. The lowest BCUT2D eigenvalue weighted by molar-refractivity contribution is 0.303. The minimum atomic E-state index is 0.387. The first-order valence-corrected chi connectivity index (χ1v) is 6.51. The first-order chi connectivity index (χ1) is 9.13. The molecule has 2 N–H and O–H groups in total. The zero-order chi connectivity index (χ0) is 13.4. The van der Waals surface area contributed by atoms with Crippen LogP contribution in [0.25, 0.3) is 11.3 Å². The molecule has 19 heavy (non-hydrogen) atoms. The van der Waals surface area contributed by atoms with Crippen LogP contribution in [-0.4, -0.2) is 16.1 Å². The molecule has 98 valence electrons. The van der Waals surface area contributed by atoms with Gasteiger partial charge in [0, 0.05) is 5.56 Å². The van der Waals surface area contributed by atoms with E-state index in [2.05, 4.69) is 9.97 Å². The monoisotopic (exact) mass is 255 g/mol. The van der Waals surface area contributed by atoms with E-state index in [-0.39, 0.29) is 0 Å². The molecular weight excluding hydrogens is 238 g/mol. The van der Waals surface area contributed by atoms with Crippen molar-refractivity contribution in [1.29, 1.82) is 0 Å². The molecule has 1 heterocycles. The molecule has 0 saturated heterocycles. The van der Waals surface area contributed by atoms with Gasteiger partial charge in [0.25, 0.3) is 0 Å². The standard InChI is InChI=1S/C15H17N3O/c1-9-10(2)18-15(16)14(17-9)11-4-3-5-13(8-11)19-12-6-7-12/h3-5,8,12H,6-7H2,1-2H3,(H2,16,18). The van der Waals surface area contributed by atoms with E-state index in [0.717, 1.165) is 41.2 Å². The third-order valence-corrected chi connectivity index (χ3v) is 3.27. The van der Waals surface area contributed by atoms with E-state index < -0.39 is 0 Å². The third kappa shape index (κ3) is 2.52. The predicted octanol–water partition coefficient (Wildman–Crippen LogP) is 2.88. The van der Waals surface area contributed by atoms with E-state index in [1.807, 2.05) is 38.1 Å². The number of benzene rings is 1. The first kappa shape index (κ1) is 12.0. The minimum Gasteiger partial charge on any atom is -0.490 e. The van der Waals surface area contributed by atoms with Gasteiger partial charge < -0.3 is 10.5 Å². The van der Waals surface area contributed by atoms with Gasteiger partial charge in [0.15, 0.2) is 0 Å². The molecule has 0 bridgehead atoms. The van der Waals surface area contributed by atoms with Gasteiger partial charge in [-0.05, 0) is 38.8 Å². The van der Waals surface area contributed by atoms with Gasteiger partial charge in [-0.3, -0.25) is 0 Å². The van der Waals surface area contributed by atoms with E-state index in [1.54, 1.807) is 0 Å². The van der Waals surface area contributed by atoms with Crippen LogP contribution in [0.1, 0.15) is 24.2 Å². The SMILES string of the molecule is Cc1nc(N)c(-c2cccc(OC3CC3)c2)nc1C. The zero-order valence-corrected chi connectivity index (χ0v) is 11.2. The summed E-state index contributed by atoms with van der Waals surface area (Å²) < 4.78 is 5.79. The van der Waals surface area contributed by atoms with Gasteiger partial charge in [0.05, 0.1) is 17.5 Å². The zero-order valence-electron chi connectivity index (χ0n) is 11.2. The number of nitrogen functional groups attached to an aromatic ring is 1. The fraction of sp³-hybridized carbons (Fsp3) is 0.333. The Morgan fingerprint density at radius 2 is 1.89 bits per heavy atom. The van der Waals surface area contributed by atoms with Crippen LogP contribution < -0.4 is 10.5 Å². The normalized spacial score (nSPS) is 14.4. The highest BCUT2D eigenvalue weighted by Crippen LogP contribution is 2.30. The van der Waals surface area contributed by atoms with Crippen molar-refractivity contribution in [3.63, 3.8) is 0 Å². The average molecular weight is 255 g/mol. The third-order valence-electron chi connectivity index (χ3n) is 3.27. The van der Waals surface area contributed by atoms with Crippen molar-refractivity contribution in [2.75, 3.05) is 5.73 Å². The molecule has 1 fully saturated rings. The van der Waals surface area contributed by atoms with Crippen molar-refractivity contribution < 1.29 is 4.74 Å². The van der Waals surface area contributed by atoms with E-state index in [9.17, 15) is 0 Å². The summed E-state index contributed by atoms with van der Waals surface area (Å²) in [5, 5.41) is 0. The molecule has 0 unspecified atom stereocenters. The van der Waals surface area contributed by atoms with Gasteiger partial charge in [-0.1, -0.05) is 12.1 Å². The molecule has 3 rings (SSSR count). The Bertz CT molecular complexity index is 621. The van der Waals surface area contributed by atoms with Crippen molar-refractivity contribution in [3.05, 3.63) is 35.7 Å². The van der Waals surface area contributed by atoms with Crippen molar-refractivity contribution in [1.82, 2.24) is 9.97 Å². The summed E-state index contributed by atoms with van der Waals surface area (Å²) in [5.41, 5.74) is 9.42. The quantitative estimate of drug-likeness (QED) is 0.916. The Morgan fingerprint density at radius 1 is 1.16 bits per heavy atom. The Hall–Kier alpha value is -2.10. The number of hydrogen-bond acceptors (Lipinski definition) is 4. The number of hydrogen-bond donors (Lipinski definition) is 1. The second kappa shape index (κ2) is 4.53. The van der Waals surface area contributed by atoms with E-state index in [1.165, 1.54) is 0 Å². The smallest absolute Gasteiger partial charge is 0.150 e. The molecule has 0 amide bonds. The van der Waals surface area contributed by atoms with Gasteiger partial charge in [-0.2, -0.15) is 0 Å². The molecule has 1 saturated carbocycles. The topological polar surface area (TPSA) is 61.0 Å². The number of aryl methyl sites for hydroxylation is 2. The Kier molecular flexibility index (Phi) is 2.85. The number of rotatable bonds is 3. The maximum absolute atomic E-state index is 5.97. The fourth-order valence-electron chi connectivity index (χ4n) is 1.93. The van der Waals surface area contributed by atoms with Gasteiger partial charge in [-0.25, -0.2) is 9.97 Å². The predicted molar refractivity (Wildman–Crippen MR) is 75.0 cm³/mol. The summed E-state index contributed by atoms with van der Waals surface area (Å²) >= 11 is 0. The summed E-state index contributed by atoms with van der Waals surface area (Å²) in [6.45, 7) is 3.85. The molecular formula is C15H17N3O. The van der Waals surface area contributed by atoms with Crippen LogP contribution in [0.5, 0.6) is 5.75 Å². The maximum Gasteiger partial charge on any atom is 0.150 e. The molecule has 1 aliphatic carbocycles. The summed E-state index contributed by atoms with van der Waals surface area (Å²) in [7, 11) is 0. The van der Waals surface area contributed by atoms with Crippen LogP contribution in [0.15, 0.2) is 24.3 Å². The number of nitrogens with two attached hydrogens (primary N) is 1. The highest BCUT2D eigenvalue weighted by Gasteiger charge is 2.23. The van der Waals surface area contributed by atoms with Crippen LogP contribution in [0.2, 0.25) is 0 Å². The number of nitrogens with zero attached hydrogens (tertiary/aromatic N) is 2. The van der Waals surface area contributed by atoms with Crippen LogP contribution in [0.4, 0.5) is 5.82 Å². The van der Waals surface area contributed by atoms with Gasteiger partial charge in [0.2, 0.25) is 0 Å². The largest absolute Gasteiger partial charge is 0.490 e. The molecule has 1 aliphatic rings. The lowest BCUT2D eigenvalue weighted by Gasteiger charge is -2.10. The number of anilines is 1. The van der Waals surface area contributed by atoms with Gasteiger partial charge in [-0.15, -0.1) is 0 Å². The molecule has 0 spiro atoms. The Labute approximate surface area is 112 Å². The Balaban J connectivity index is 1.98. The molecule has 4 nitrogen and oxygen atoms in total. The van der Waals surface area contributed by atoms with Gasteiger partial charge >= 0.3 is 0 Å². The molecule has 0 atom stereocenters. The second-order valence-electron chi connectivity index (χ2n) is 4.97. The highest BCUT2D eigenvalue weighted by molar-refractivity contribution is 5.71. The Morgan fingerprint density at radius 3 is 2.63 bits per heavy atom. The van der Waals surface area contributed by atoms with Crippen LogP contribution in [0.3, 0.4) is 0 Å². The molecule has 1 aromatic heterocycles. The van der Waals surface area contributed by atoms with Crippen molar-refractivity contribution >= 4 is 5.82 Å². The fourth-order valence-corrected chi connectivity index (χ4v) is 1.93. The second-order valence-corrected chi connectivity index (χ2v) is 4.97. The maximum atomic E-state index is 5.97. The number of ether oxygens (including phenoxy) is 1. The van der Waals surface area contributed by atoms with Crippen molar-refractivity contribution in [2.45, 2.75) is 32.8 Å². The lowest BCUT2D eigenvalue weighted by Crippen LogP contribution is -2.02. The highest BCUT2D eigenvalue weighted by atomic mass is 16.5. The summed E-state index contributed by atoms with van der Waals surface area (Å²) in [5.74, 6) is 1.34. The van der Waals surface area contributed by atoms with Crippen molar-refractivity contribution in [2.24, 2.45) is 0 Å². The molecule has 0 radical (unpaired) electrons. The van der Waals surface area contributed by atoms with Crippen LogP contribution >= 0.6 is 0 Å². The summed E-state index contributed by atoms with van der Waals surface area (Å²) in [6.07, 6.45) is 2.68. The molecule has 2 aromatic rings. The summed E-state index contributed by atoms with van der Waals surface area (Å²) in [6, 6.07) is 7.89. The van der Waals surface area contributed by atoms with E-state index >= 15 is 0 Å². The van der Waals surface area contributed by atoms with Gasteiger partial charge in [0.1, 0.15) is 17.3 Å². The molecule has 1 aromatic carbocycles. The van der Waals surface area contributed by atoms with E-state index in [4.69, 9.17) is 10.5 Å². The van der Waals surface area contributed by atoms with E-state index in [0.29, 0.717) is 11.9 Å².